The number of amides is 1. The van der Waals surface area contributed by atoms with Crippen LogP contribution >= 0.6 is 12.4 Å². The van der Waals surface area contributed by atoms with E-state index in [-0.39, 0.29) is 24.9 Å². The molecule has 1 aliphatic carbocycles. The third-order valence-electron chi connectivity index (χ3n) is 2.33. The van der Waals surface area contributed by atoms with Crippen LogP contribution in [-0.2, 0) is 9.53 Å². The molecule has 0 atom stereocenters. The van der Waals surface area contributed by atoms with Crippen LogP contribution in [0, 0.1) is 5.92 Å². The van der Waals surface area contributed by atoms with Crippen LogP contribution < -0.4 is 10.6 Å². The fourth-order valence-electron chi connectivity index (χ4n) is 1.25. The molecule has 0 aromatic rings. The number of nitrogens with one attached hydrogen (secondary N) is 2. The molecule has 0 spiro atoms. The van der Waals surface area contributed by atoms with Crippen molar-refractivity contribution in [1.82, 2.24) is 10.6 Å². The van der Waals surface area contributed by atoms with E-state index in [0.29, 0.717) is 6.54 Å². The quantitative estimate of drug-likeness (QED) is 0.599. The van der Waals surface area contributed by atoms with E-state index in [4.69, 9.17) is 4.74 Å². The minimum absolute atomic E-state index is 0. The Balaban J connectivity index is 0.00000225. The molecule has 0 saturated heterocycles. The molecule has 0 radical (unpaired) electrons. The number of rotatable bonds is 9. The van der Waals surface area contributed by atoms with Gasteiger partial charge in [0.05, 0.1) is 6.61 Å². The van der Waals surface area contributed by atoms with Crippen LogP contribution in [0.2, 0.25) is 0 Å². The highest BCUT2D eigenvalue weighted by Gasteiger charge is 2.21. The average Bonchev–Trinajstić information content (AvgIpc) is 3.01. The summed E-state index contributed by atoms with van der Waals surface area (Å²) in [6, 6.07) is 0. The average molecular weight is 251 g/mol. The Hall–Kier alpha value is -0.320. The van der Waals surface area contributed by atoms with E-state index < -0.39 is 0 Å². The summed E-state index contributed by atoms with van der Waals surface area (Å²) in [6.45, 7) is 5.62. The zero-order valence-electron chi connectivity index (χ0n) is 9.96. The Labute approximate surface area is 104 Å². The monoisotopic (exact) mass is 250 g/mol. The first-order valence-corrected chi connectivity index (χ1v) is 5.88. The molecule has 1 saturated carbocycles. The van der Waals surface area contributed by atoms with E-state index in [0.717, 1.165) is 32.0 Å². The lowest BCUT2D eigenvalue weighted by atomic mass is 10.4. The first kappa shape index (κ1) is 15.7. The third-order valence-corrected chi connectivity index (χ3v) is 2.33. The van der Waals surface area contributed by atoms with Gasteiger partial charge >= 0.3 is 0 Å². The van der Waals surface area contributed by atoms with Gasteiger partial charge in [-0.25, -0.2) is 0 Å². The van der Waals surface area contributed by atoms with E-state index in [2.05, 4.69) is 17.6 Å². The summed E-state index contributed by atoms with van der Waals surface area (Å²) < 4.78 is 5.27. The molecule has 0 aromatic heterocycles. The molecular formula is C11H23ClN2O2. The van der Waals surface area contributed by atoms with Gasteiger partial charge in [-0.3, -0.25) is 4.79 Å². The predicted octanol–water partition coefficient (Wildman–Crippen LogP) is 0.951. The van der Waals surface area contributed by atoms with E-state index in [9.17, 15) is 4.79 Å². The van der Waals surface area contributed by atoms with Crippen LogP contribution in [0.25, 0.3) is 0 Å². The molecule has 1 amide bonds. The Bertz CT molecular complexity index is 187. The van der Waals surface area contributed by atoms with Crippen molar-refractivity contribution in [3.05, 3.63) is 0 Å². The highest BCUT2D eigenvalue weighted by Crippen LogP contribution is 2.28. The van der Waals surface area contributed by atoms with Gasteiger partial charge in [0.2, 0.25) is 5.91 Å². The van der Waals surface area contributed by atoms with Gasteiger partial charge in [0, 0.05) is 13.1 Å². The lowest BCUT2D eigenvalue weighted by Crippen LogP contribution is -2.34. The van der Waals surface area contributed by atoms with E-state index in [1.165, 1.54) is 12.8 Å². The molecule has 4 nitrogen and oxygen atoms in total. The van der Waals surface area contributed by atoms with E-state index in [1.807, 2.05) is 0 Å². The number of halogens is 1. The van der Waals surface area contributed by atoms with Gasteiger partial charge in [0.1, 0.15) is 6.61 Å². The number of carbonyl (C=O) groups excluding carboxylic acids is 1. The second-order valence-electron chi connectivity index (χ2n) is 4.06. The van der Waals surface area contributed by atoms with Gasteiger partial charge in [0.25, 0.3) is 0 Å². The van der Waals surface area contributed by atoms with Gasteiger partial charge in [-0.05, 0) is 31.7 Å². The summed E-state index contributed by atoms with van der Waals surface area (Å²) in [7, 11) is 0. The summed E-state index contributed by atoms with van der Waals surface area (Å²) in [5, 5.41) is 6.03. The molecule has 0 heterocycles. The molecular weight excluding hydrogens is 228 g/mol. The van der Waals surface area contributed by atoms with Crippen LogP contribution in [0.5, 0.6) is 0 Å². The van der Waals surface area contributed by atoms with Gasteiger partial charge in [0.15, 0.2) is 0 Å². The molecule has 1 rings (SSSR count). The van der Waals surface area contributed by atoms with Crippen molar-refractivity contribution < 1.29 is 9.53 Å². The second-order valence-corrected chi connectivity index (χ2v) is 4.06. The molecule has 0 bridgehead atoms. The largest absolute Gasteiger partial charge is 0.371 e. The van der Waals surface area contributed by atoms with Gasteiger partial charge in [-0.15, -0.1) is 12.4 Å². The highest BCUT2D eigenvalue weighted by atomic mass is 35.5. The summed E-state index contributed by atoms with van der Waals surface area (Å²) in [5.41, 5.74) is 0. The minimum Gasteiger partial charge on any atom is -0.371 e. The van der Waals surface area contributed by atoms with Crippen LogP contribution in [0.1, 0.15) is 26.2 Å². The van der Waals surface area contributed by atoms with Crippen LogP contribution in [-0.4, -0.2) is 38.8 Å². The van der Waals surface area contributed by atoms with Crippen molar-refractivity contribution >= 4 is 18.3 Å². The van der Waals surface area contributed by atoms with Crippen molar-refractivity contribution in [1.29, 1.82) is 0 Å². The molecule has 2 N–H and O–H groups in total. The summed E-state index contributed by atoms with van der Waals surface area (Å²) >= 11 is 0. The van der Waals surface area contributed by atoms with Gasteiger partial charge in [-0.2, -0.15) is 0 Å². The normalized spacial score (nSPS) is 14.3. The molecule has 1 fully saturated rings. The number of ether oxygens (including phenoxy) is 1. The molecule has 0 unspecified atom stereocenters. The van der Waals surface area contributed by atoms with Crippen LogP contribution in [0.15, 0.2) is 0 Å². The molecule has 16 heavy (non-hydrogen) atoms. The van der Waals surface area contributed by atoms with E-state index in [1.54, 1.807) is 0 Å². The number of hydrogen-bond acceptors (Lipinski definition) is 3. The maximum atomic E-state index is 11.2. The summed E-state index contributed by atoms with van der Waals surface area (Å²) in [4.78, 5) is 11.2. The van der Waals surface area contributed by atoms with Crippen molar-refractivity contribution in [3.63, 3.8) is 0 Å². The third kappa shape index (κ3) is 8.95. The second kappa shape index (κ2) is 9.87. The van der Waals surface area contributed by atoms with Crippen molar-refractivity contribution in [2.45, 2.75) is 26.2 Å². The molecule has 0 aliphatic heterocycles. The zero-order chi connectivity index (χ0) is 10.9. The Morgan fingerprint density at radius 3 is 2.69 bits per heavy atom. The maximum Gasteiger partial charge on any atom is 0.246 e. The Morgan fingerprint density at radius 2 is 2.06 bits per heavy atom. The number of carbonyl (C=O) groups is 1. The van der Waals surface area contributed by atoms with Crippen LogP contribution in [0.4, 0.5) is 0 Å². The Kier molecular flexibility index (Phi) is 9.68. The lowest BCUT2D eigenvalue weighted by Gasteiger charge is -2.06. The first-order valence-electron chi connectivity index (χ1n) is 5.88. The zero-order valence-corrected chi connectivity index (χ0v) is 10.8. The van der Waals surface area contributed by atoms with Crippen LogP contribution in [0.3, 0.4) is 0 Å². The first-order chi connectivity index (χ1) is 7.33. The SMILES string of the molecule is CCCNCCNC(=O)COCC1CC1.Cl. The highest BCUT2D eigenvalue weighted by molar-refractivity contribution is 5.85. The predicted molar refractivity (Wildman–Crippen MR) is 67.0 cm³/mol. The molecule has 96 valence electrons. The lowest BCUT2D eigenvalue weighted by molar-refractivity contribution is -0.125. The summed E-state index contributed by atoms with van der Waals surface area (Å²) in [5.74, 6) is 0.720. The fourth-order valence-corrected chi connectivity index (χ4v) is 1.25. The molecule has 1 aliphatic rings. The molecule has 0 aromatic carbocycles. The minimum atomic E-state index is -0.00560. The van der Waals surface area contributed by atoms with Gasteiger partial charge < -0.3 is 15.4 Å². The Morgan fingerprint density at radius 1 is 1.31 bits per heavy atom. The van der Waals surface area contributed by atoms with Crippen molar-refractivity contribution in [2.24, 2.45) is 5.92 Å². The topological polar surface area (TPSA) is 50.4 Å². The summed E-state index contributed by atoms with van der Waals surface area (Å²) in [6.07, 6.45) is 3.66. The smallest absolute Gasteiger partial charge is 0.246 e. The maximum absolute atomic E-state index is 11.2. The van der Waals surface area contributed by atoms with Gasteiger partial charge in [-0.1, -0.05) is 6.92 Å². The fraction of sp³-hybridized carbons (Fsp3) is 0.909. The van der Waals surface area contributed by atoms with Crippen molar-refractivity contribution in [2.75, 3.05) is 32.8 Å². The number of hydrogen-bond donors (Lipinski definition) is 2. The van der Waals surface area contributed by atoms with Crippen molar-refractivity contribution in [3.8, 4) is 0 Å². The van der Waals surface area contributed by atoms with E-state index >= 15 is 0 Å². The molecule has 5 heteroatoms. The standard InChI is InChI=1S/C11H22N2O2.ClH/c1-2-5-12-6-7-13-11(14)9-15-8-10-3-4-10;/h10,12H,2-9H2,1H3,(H,13,14);1H.